The predicted octanol–water partition coefficient (Wildman–Crippen LogP) is 2.91. The van der Waals surface area contributed by atoms with E-state index in [-0.39, 0.29) is 0 Å². The second-order valence-corrected chi connectivity index (χ2v) is 5.80. The number of esters is 1. The van der Waals surface area contributed by atoms with E-state index in [1.54, 1.807) is 0 Å². The van der Waals surface area contributed by atoms with Gasteiger partial charge >= 0.3 is 5.97 Å². The van der Waals surface area contributed by atoms with Gasteiger partial charge in [0.25, 0.3) is 0 Å². The van der Waals surface area contributed by atoms with E-state index in [0.29, 0.717) is 23.5 Å². The SMILES string of the molecule is CCOC(=S)SC(OCC1CC=CCC1)C(=O)OC. The molecule has 0 saturated heterocycles. The molecule has 0 aromatic rings. The van der Waals surface area contributed by atoms with Gasteiger partial charge in [0.05, 0.1) is 20.3 Å². The van der Waals surface area contributed by atoms with E-state index in [1.165, 1.54) is 7.11 Å². The van der Waals surface area contributed by atoms with E-state index in [4.69, 9.17) is 26.4 Å². The maximum absolute atomic E-state index is 11.6. The van der Waals surface area contributed by atoms with Gasteiger partial charge < -0.3 is 14.2 Å². The van der Waals surface area contributed by atoms with Gasteiger partial charge in [-0.3, -0.25) is 0 Å². The third kappa shape index (κ3) is 6.40. The number of thiocarbonyl (C=S) groups is 1. The zero-order chi connectivity index (χ0) is 14.1. The fraction of sp³-hybridized carbons (Fsp3) is 0.692. The molecule has 19 heavy (non-hydrogen) atoms. The molecule has 0 aromatic heterocycles. The number of methoxy groups -OCH3 is 1. The Balaban J connectivity index is 2.42. The molecule has 0 N–H and O–H groups in total. The Hall–Kier alpha value is -0.590. The molecule has 0 heterocycles. The number of carbonyl (C=O) groups excluding carboxylic acids is 1. The molecule has 2 unspecified atom stereocenters. The highest BCUT2D eigenvalue weighted by molar-refractivity contribution is 8.23. The zero-order valence-electron chi connectivity index (χ0n) is 11.3. The summed E-state index contributed by atoms with van der Waals surface area (Å²) in [6.07, 6.45) is 7.48. The average Bonchev–Trinajstić information content (AvgIpc) is 2.44. The lowest BCUT2D eigenvalue weighted by atomic mass is 9.95. The van der Waals surface area contributed by atoms with Crippen molar-refractivity contribution >= 4 is 34.3 Å². The highest BCUT2D eigenvalue weighted by atomic mass is 32.2. The van der Waals surface area contributed by atoms with Gasteiger partial charge in [0.15, 0.2) is 0 Å². The van der Waals surface area contributed by atoms with E-state index >= 15 is 0 Å². The Kier molecular flexibility index (Phi) is 8.09. The first kappa shape index (κ1) is 16.5. The van der Waals surface area contributed by atoms with Crippen LogP contribution in [0.2, 0.25) is 0 Å². The lowest BCUT2D eigenvalue weighted by Crippen LogP contribution is -2.27. The number of hydrogen-bond donors (Lipinski definition) is 0. The van der Waals surface area contributed by atoms with Crippen molar-refractivity contribution in [2.45, 2.75) is 31.6 Å². The van der Waals surface area contributed by atoms with Crippen molar-refractivity contribution in [1.29, 1.82) is 0 Å². The summed E-state index contributed by atoms with van der Waals surface area (Å²) >= 11 is 6.09. The molecular weight excluding hydrogens is 284 g/mol. The van der Waals surface area contributed by atoms with Crippen LogP contribution in [0.25, 0.3) is 0 Å². The topological polar surface area (TPSA) is 44.8 Å². The van der Waals surface area contributed by atoms with Crippen LogP contribution in [0, 0.1) is 5.92 Å². The van der Waals surface area contributed by atoms with Gasteiger partial charge in [-0.15, -0.1) is 0 Å². The Labute approximate surface area is 123 Å². The lowest BCUT2D eigenvalue weighted by Gasteiger charge is -2.21. The first-order valence-electron chi connectivity index (χ1n) is 6.35. The number of ether oxygens (including phenoxy) is 3. The van der Waals surface area contributed by atoms with Crippen molar-refractivity contribution in [2.24, 2.45) is 5.92 Å². The maximum Gasteiger partial charge on any atom is 0.346 e. The Bertz CT molecular complexity index is 331. The predicted molar refractivity (Wildman–Crippen MR) is 80.1 cm³/mol. The van der Waals surface area contributed by atoms with Gasteiger partial charge in [-0.2, -0.15) is 0 Å². The summed E-state index contributed by atoms with van der Waals surface area (Å²) in [6.45, 7) is 2.86. The average molecular weight is 304 g/mol. The minimum Gasteiger partial charge on any atom is -0.479 e. The highest BCUT2D eigenvalue weighted by Gasteiger charge is 2.25. The molecule has 0 spiro atoms. The van der Waals surface area contributed by atoms with Crippen molar-refractivity contribution in [3.05, 3.63) is 12.2 Å². The van der Waals surface area contributed by atoms with Crippen molar-refractivity contribution < 1.29 is 19.0 Å². The minimum absolute atomic E-state index is 0.307. The second-order valence-electron chi connectivity index (χ2n) is 4.14. The molecule has 108 valence electrons. The lowest BCUT2D eigenvalue weighted by molar-refractivity contribution is -0.148. The Morgan fingerprint density at radius 2 is 2.32 bits per heavy atom. The van der Waals surface area contributed by atoms with Crippen LogP contribution in [0.5, 0.6) is 0 Å². The third-order valence-electron chi connectivity index (χ3n) is 2.72. The van der Waals surface area contributed by atoms with E-state index in [9.17, 15) is 4.79 Å². The first-order valence-corrected chi connectivity index (χ1v) is 7.64. The van der Waals surface area contributed by atoms with Gasteiger partial charge in [0, 0.05) is 0 Å². The first-order chi connectivity index (χ1) is 9.17. The largest absolute Gasteiger partial charge is 0.479 e. The normalized spacial score (nSPS) is 19.8. The smallest absolute Gasteiger partial charge is 0.346 e. The number of allylic oxidation sites excluding steroid dienone is 2. The van der Waals surface area contributed by atoms with Crippen LogP contribution < -0.4 is 0 Å². The molecule has 0 radical (unpaired) electrons. The summed E-state index contributed by atoms with van der Waals surface area (Å²) in [5, 5.41) is 0. The van der Waals surface area contributed by atoms with Crippen molar-refractivity contribution in [3.8, 4) is 0 Å². The van der Waals surface area contributed by atoms with Gasteiger partial charge in [0.2, 0.25) is 9.82 Å². The molecule has 1 aliphatic rings. The summed E-state index contributed by atoms with van der Waals surface area (Å²) in [5.41, 5.74) is -0.741. The van der Waals surface area contributed by atoms with Crippen LogP contribution in [0.3, 0.4) is 0 Å². The minimum atomic E-state index is -0.741. The van der Waals surface area contributed by atoms with Gasteiger partial charge in [-0.05, 0) is 56.1 Å². The van der Waals surface area contributed by atoms with Crippen molar-refractivity contribution in [1.82, 2.24) is 0 Å². The molecule has 0 aliphatic heterocycles. The molecule has 6 heteroatoms. The molecule has 1 aliphatic carbocycles. The molecule has 0 aromatic carbocycles. The summed E-state index contributed by atoms with van der Waals surface area (Å²) < 4.78 is 15.8. The van der Waals surface area contributed by atoms with Gasteiger partial charge in [-0.25, -0.2) is 4.79 Å². The maximum atomic E-state index is 11.6. The Morgan fingerprint density at radius 3 is 2.89 bits per heavy atom. The van der Waals surface area contributed by atoms with E-state index < -0.39 is 11.4 Å². The van der Waals surface area contributed by atoms with Gasteiger partial charge in [0.1, 0.15) is 0 Å². The number of rotatable bonds is 6. The van der Waals surface area contributed by atoms with Crippen LogP contribution in [-0.2, 0) is 19.0 Å². The highest BCUT2D eigenvalue weighted by Crippen LogP contribution is 2.22. The molecule has 0 fully saturated rings. The second kappa shape index (κ2) is 9.34. The third-order valence-corrected chi connectivity index (χ3v) is 3.98. The number of carbonyl (C=O) groups is 1. The molecule has 1 rings (SSSR count). The van der Waals surface area contributed by atoms with Crippen molar-refractivity contribution in [3.63, 3.8) is 0 Å². The molecule has 0 amide bonds. The van der Waals surface area contributed by atoms with E-state index in [2.05, 4.69) is 12.2 Å². The molecule has 0 saturated carbocycles. The number of thioether (sulfide) groups is 1. The van der Waals surface area contributed by atoms with Gasteiger partial charge in [-0.1, -0.05) is 12.2 Å². The van der Waals surface area contributed by atoms with Crippen LogP contribution in [-0.4, -0.2) is 36.1 Å². The quantitative estimate of drug-likeness (QED) is 0.325. The van der Waals surface area contributed by atoms with Crippen LogP contribution in [0.15, 0.2) is 12.2 Å². The summed E-state index contributed by atoms with van der Waals surface area (Å²) in [4.78, 5) is 11.6. The van der Waals surface area contributed by atoms with Crippen molar-refractivity contribution in [2.75, 3.05) is 20.3 Å². The molecule has 4 nitrogen and oxygen atoms in total. The number of hydrogen-bond acceptors (Lipinski definition) is 6. The molecule has 0 bridgehead atoms. The van der Waals surface area contributed by atoms with Crippen LogP contribution in [0.1, 0.15) is 26.2 Å². The van der Waals surface area contributed by atoms with Crippen LogP contribution >= 0.6 is 24.0 Å². The van der Waals surface area contributed by atoms with E-state index in [0.717, 1.165) is 31.0 Å². The monoisotopic (exact) mass is 304 g/mol. The summed E-state index contributed by atoms with van der Waals surface area (Å²) in [6, 6.07) is 0. The standard InChI is InChI=1S/C13H20O4S2/c1-3-16-13(18)19-12(11(14)15-2)17-9-10-7-5-4-6-8-10/h4-5,10,12H,3,6-9H2,1-2H3. The van der Waals surface area contributed by atoms with E-state index in [1.807, 2.05) is 6.92 Å². The zero-order valence-corrected chi connectivity index (χ0v) is 12.9. The fourth-order valence-corrected chi connectivity index (χ4v) is 2.80. The fourth-order valence-electron chi connectivity index (χ4n) is 1.72. The molecular formula is C13H20O4S2. The summed E-state index contributed by atoms with van der Waals surface area (Å²) in [5.74, 6) is 0.0248. The molecule has 2 atom stereocenters. The Morgan fingerprint density at radius 1 is 1.53 bits per heavy atom. The summed E-state index contributed by atoms with van der Waals surface area (Å²) in [7, 11) is 1.34. The van der Waals surface area contributed by atoms with Crippen LogP contribution in [0.4, 0.5) is 0 Å².